The van der Waals surface area contributed by atoms with Gasteiger partial charge in [-0.1, -0.05) is 6.42 Å². The Kier molecular flexibility index (Phi) is 4.95. The smallest absolute Gasteiger partial charge is 0.243 e. The van der Waals surface area contributed by atoms with Crippen LogP contribution in [0, 0.1) is 0 Å². The third kappa shape index (κ3) is 4.02. The summed E-state index contributed by atoms with van der Waals surface area (Å²) < 4.78 is 26.2. The number of sulfonamides is 1. The maximum atomic E-state index is 11.8. The van der Waals surface area contributed by atoms with E-state index in [2.05, 4.69) is 26.7 Å². The highest BCUT2D eigenvalue weighted by atomic mass is 32.2. The van der Waals surface area contributed by atoms with Crippen molar-refractivity contribution in [3.8, 4) is 0 Å². The number of rotatable bonds is 6. The standard InChI is InChI=1S/C12H22N4O2S/c1-11-5-2-3-7-16(11)8-4-6-15-19(17,18)12-9-13-14-10-12/h9-11,15H,2-8H2,1H3,(H,13,14). The number of nitrogens with one attached hydrogen (secondary N) is 2. The second-order valence-electron chi connectivity index (χ2n) is 5.07. The minimum absolute atomic E-state index is 0.193. The molecule has 6 nitrogen and oxygen atoms in total. The Hall–Kier alpha value is -0.920. The molecule has 2 N–H and O–H groups in total. The fourth-order valence-electron chi connectivity index (χ4n) is 2.45. The number of aromatic nitrogens is 2. The average molecular weight is 286 g/mol. The zero-order valence-corrected chi connectivity index (χ0v) is 12.1. The van der Waals surface area contributed by atoms with E-state index in [0.717, 1.165) is 19.5 Å². The molecule has 108 valence electrons. The minimum Gasteiger partial charge on any atom is -0.301 e. The Balaban J connectivity index is 1.72. The van der Waals surface area contributed by atoms with Crippen LogP contribution in [0.4, 0.5) is 0 Å². The molecular formula is C12H22N4O2S. The number of piperidine rings is 1. The van der Waals surface area contributed by atoms with Crippen LogP contribution in [0.25, 0.3) is 0 Å². The van der Waals surface area contributed by atoms with Crippen molar-refractivity contribution in [1.29, 1.82) is 0 Å². The topological polar surface area (TPSA) is 78.1 Å². The summed E-state index contributed by atoms with van der Waals surface area (Å²) in [5, 5.41) is 6.15. The van der Waals surface area contributed by atoms with Gasteiger partial charge in [0.1, 0.15) is 4.90 Å². The molecule has 0 saturated carbocycles. The molecule has 19 heavy (non-hydrogen) atoms. The van der Waals surface area contributed by atoms with Crippen LogP contribution in [-0.2, 0) is 10.0 Å². The first kappa shape index (κ1) is 14.5. The lowest BCUT2D eigenvalue weighted by Gasteiger charge is -2.33. The lowest BCUT2D eigenvalue weighted by Crippen LogP contribution is -2.39. The Bertz CT molecular complexity index is 472. The van der Waals surface area contributed by atoms with E-state index in [1.165, 1.54) is 31.7 Å². The van der Waals surface area contributed by atoms with Gasteiger partial charge in [-0.3, -0.25) is 5.10 Å². The predicted molar refractivity (Wildman–Crippen MR) is 73.3 cm³/mol. The summed E-state index contributed by atoms with van der Waals surface area (Å²) in [5.74, 6) is 0. The van der Waals surface area contributed by atoms with Gasteiger partial charge >= 0.3 is 0 Å². The van der Waals surface area contributed by atoms with Crippen molar-refractivity contribution >= 4 is 10.0 Å². The zero-order chi connectivity index (χ0) is 13.7. The number of hydrogen-bond donors (Lipinski definition) is 2. The van der Waals surface area contributed by atoms with Gasteiger partial charge in [0.2, 0.25) is 10.0 Å². The number of likely N-dealkylation sites (tertiary alicyclic amines) is 1. The molecule has 2 heterocycles. The molecule has 1 saturated heterocycles. The second-order valence-corrected chi connectivity index (χ2v) is 6.83. The summed E-state index contributed by atoms with van der Waals surface area (Å²) in [7, 11) is -3.40. The van der Waals surface area contributed by atoms with Crippen LogP contribution in [0.3, 0.4) is 0 Å². The van der Waals surface area contributed by atoms with E-state index in [1.54, 1.807) is 0 Å². The van der Waals surface area contributed by atoms with Gasteiger partial charge in [-0.2, -0.15) is 5.10 Å². The molecule has 1 aliphatic rings. The Labute approximate surface area is 114 Å². The lowest BCUT2D eigenvalue weighted by atomic mass is 10.0. The maximum Gasteiger partial charge on any atom is 0.243 e. The van der Waals surface area contributed by atoms with Crippen molar-refractivity contribution < 1.29 is 8.42 Å². The number of nitrogens with zero attached hydrogens (tertiary/aromatic N) is 2. The van der Waals surface area contributed by atoms with E-state index >= 15 is 0 Å². The summed E-state index contributed by atoms with van der Waals surface area (Å²) in [6.45, 7) is 4.80. The highest BCUT2D eigenvalue weighted by molar-refractivity contribution is 7.89. The van der Waals surface area contributed by atoms with Crippen LogP contribution in [0.15, 0.2) is 17.3 Å². The van der Waals surface area contributed by atoms with Crippen LogP contribution in [0.1, 0.15) is 32.6 Å². The normalized spacial score (nSPS) is 21.6. The number of H-pyrrole nitrogens is 1. The molecule has 2 rings (SSSR count). The third-order valence-electron chi connectivity index (χ3n) is 3.64. The monoisotopic (exact) mass is 286 g/mol. The van der Waals surface area contributed by atoms with Gasteiger partial charge in [0.15, 0.2) is 0 Å². The fourth-order valence-corrected chi connectivity index (χ4v) is 3.43. The Morgan fingerprint density at radius 3 is 3.05 bits per heavy atom. The number of hydrogen-bond acceptors (Lipinski definition) is 4. The lowest BCUT2D eigenvalue weighted by molar-refractivity contribution is 0.159. The van der Waals surface area contributed by atoms with Gasteiger partial charge in [0.25, 0.3) is 0 Å². The van der Waals surface area contributed by atoms with E-state index < -0.39 is 10.0 Å². The highest BCUT2D eigenvalue weighted by Crippen LogP contribution is 2.16. The van der Waals surface area contributed by atoms with E-state index in [4.69, 9.17) is 0 Å². The van der Waals surface area contributed by atoms with E-state index in [0.29, 0.717) is 12.6 Å². The van der Waals surface area contributed by atoms with Gasteiger partial charge in [-0.05, 0) is 39.3 Å². The first-order valence-corrected chi connectivity index (χ1v) is 8.30. The van der Waals surface area contributed by atoms with Gasteiger partial charge in [0, 0.05) is 18.8 Å². The molecular weight excluding hydrogens is 264 g/mol. The SMILES string of the molecule is CC1CCCCN1CCCNS(=O)(=O)c1cn[nH]c1. The molecule has 0 bridgehead atoms. The van der Waals surface area contributed by atoms with Crippen LogP contribution in [0.5, 0.6) is 0 Å². The van der Waals surface area contributed by atoms with Crippen molar-refractivity contribution in [1.82, 2.24) is 19.8 Å². The second kappa shape index (κ2) is 6.49. The van der Waals surface area contributed by atoms with Gasteiger partial charge in [0.05, 0.1) is 6.20 Å². The average Bonchev–Trinajstić information content (AvgIpc) is 2.91. The first-order chi connectivity index (χ1) is 9.09. The highest BCUT2D eigenvalue weighted by Gasteiger charge is 2.18. The molecule has 0 radical (unpaired) electrons. The summed E-state index contributed by atoms with van der Waals surface area (Å²) in [6.07, 6.45) is 7.35. The minimum atomic E-state index is -3.40. The molecule has 1 unspecified atom stereocenters. The van der Waals surface area contributed by atoms with Crippen molar-refractivity contribution in [3.05, 3.63) is 12.4 Å². The molecule has 1 aromatic heterocycles. The Morgan fingerprint density at radius 1 is 1.53 bits per heavy atom. The van der Waals surface area contributed by atoms with Gasteiger partial charge in [-0.25, -0.2) is 13.1 Å². The number of aromatic amines is 1. The molecule has 7 heteroatoms. The summed E-state index contributed by atoms with van der Waals surface area (Å²) in [6, 6.07) is 0.624. The molecule has 1 aromatic rings. The van der Waals surface area contributed by atoms with Crippen molar-refractivity contribution in [2.45, 2.75) is 43.5 Å². The van der Waals surface area contributed by atoms with Gasteiger partial charge in [-0.15, -0.1) is 0 Å². The van der Waals surface area contributed by atoms with Crippen LogP contribution < -0.4 is 4.72 Å². The molecule has 0 spiro atoms. The molecule has 0 amide bonds. The summed E-state index contributed by atoms with van der Waals surface area (Å²) >= 11 is 0. The van der Waals surface area contributed by atoms with E-state index in [-0.39, 0.29) is 4.90 Å². The summed E-state index contributed by atoms with van der Waals surface area (Å²) in [5.41, 5.74) is 0. The van der Waals surface area contributed by atoms with Crippen molar-refractivity contribution in [3.63, 3.8) is 0 Å². The van der Waals surface area contributed by atoms with Gasteiger partial charge < -0.3 is 4.90 Å². The zero-order valence-electron chi connectivity index (χ0n) is 11.3. The predicted octanol–water partition coefficient (Wildman–Crippen LogP) is 0.952. The van der Waals surface area contributed by atoms with Crippen molar-refractivity contribution in [2.75, 3.05) is 19.6 Å². The van der Waals surface area contributed by atoms with Crippen LogP contribution in [0.2, 0.25) is 0 Å². The molecule has 0 aliphatic carbocycles. The van der Waals surface area contributed by atoms with Crippen molar-refractivity contribution in [2.24, 2.45) is 0 Å². The third-order valence-corrected chi connectivity index (χ3v) is 5.07. The largest absolute Gasteiger partial charge is 0.301 e. The molecule has 0 aromatic carbocycles. The molecule has 1 atom stereocenters. The fraction of sp³-hybridized carbons (Fsp3) is 0.750. The van der Waals surface area contributed by atoms with Crippen LogP contribution in [-0.4, -0.2) is 49.2 Å². The molecule has 1 fully saturated rings. The van der Waals surface area contributed by atoms with Crippen LogP contribution >= 0.6 is 0 Å². The van der Waals surface area contributed by atoms with E-state index in [9.17, 15) is 8.42 Å². The quantitative estimate of drug-likeness (QED) is 0.763. The maximum absolute atomic E-state index is 11.8. The summed E-state index contributed by atoms with van der Waals surface area (Å²) in [4.78, 5) is 2.63. The molecule has 1 aliphatic heterocycles. The van der Waals surface area contributed by atoms with E-state index in [1.807, 2.05) is 0 Å². The first-order valence-electron chi connectivity index (χ1n) is 6.82. The Morgan fingerprint density at radius 2 is 2.37 bits per heavy atom.